The first-order chi connectivity index (χ1) is 13.7. The molecule has 29 heavy (non-hydrogen) atoms. The Kier molecular flexibility index (Phi) is 8.10. The van der Waals surface area contributed by atoms with Crippen LogP contribution >= 0.6 is 0 Å². The van der Waals surface area contributed by atoms with Gasteiger partial charge in [0.2, 0.25) is 0 Å². The molecule has 0 heterocycles. The first kappa shape index (κ1) is 22.8. The molecule has 0 fully saturated rings. The zero-order valence-electron chi connectivity index (χ0n) is 18.2. The Bertz CT molecular complexity index is 703. The number of rotatable bonds is 12. The Morgan fingerprint density at radius 1 is 0.621 bits per heavy atom. The molecule has 3 heteroatoms. The molecule has 2 rings (SSSR count). The first-order valence-corrected chi connectivity index (χ1v) is 10.0. The van der Waals surface area contributed by atoms with E-state index in [0.717, 1.165) is 22.6 Å². The van der Waals surface area contributed by atoms with Gasteiger partial charge in [-0.2, -0.15) is 0 Å². The largest absolute Gasteiger partial charge is 0.493 e. The van der Waals surface area contributed by atoms with Crippen molar-refractivity contribution >= 4 is 12.2 Å². The summed E-state index contributed by atoms with van der Waals surface area (Å²) >= 11 is 0. The van der Waals surface area contributed by atoms with Gasteiger partial charge in [0.05, 0.1) is 26.4 Å². The zero-order chi connectivity index (χ0) is 21.3. The minimum Gasteiger partial charge on any atom is -0.493 e. The number of hydrogen-bond acceptors (Lipinski definition) is 3. The lowest BCUT2D eigenvalue weighted by Gasteiger charge is -2.29. The van der Waals surface area contributed by atoms with Gasteiger partial charge in [0.15, 0.2) is 0 Å². The first-order valence-electron chi connectivity index (χ1n) is 10.0. The van der Waals surface area contributed by atoms with Crippen LogP contribution in [-0.2, 0) is 4.74 Å². The topological polar surface area (TPSA) is 27.7 Å². The molecule has 0 radical (unpaired) electrons. The van der Waals surface area contributed by atoms with Crippen molar-refractivity contribution in [3.8, 4) is 11.5 Å². The van der Waals surface area contributed by atoms with Crippen LogP contribution in [0, 0.1) is 10.8 Å². The number of hydrogen-bond donors (Lipinski definition) is 0. The van der Waals surface area contributed by atoms with Gasteiger partial charge < -0.3 is 14.2 Å². The van der Waals surface area contributed by atoms with E-state index in [1.165, 1.54) is 0 Å². The average molecular weight is 395 g/mol. The van der Waals surface area contributed by atoms with Gasteiger partial charge in [-0.25, -0.2) is 0 Å². The molecule has 0 aliphatic rings. The summed E-state index contributed by atoms with van der Waals surface area (Å²) in [4.78, 5) is 0. The molecule has 0 aliphatic heterocycles. The fraction of sp³-hybridized carbons (Fsp3) is 0.385. The lowest BCUT2D eigenvalue weighted by Crippen LogP contribution is -2.32. The van der Waals surface area contributed by atoms with Crippen molar-refractivity contribution in [1.82, 2.24) is 0 Å². The van der Waals surface area contributed by atoms with Gasteiger partial charge in [0.25, 0.3) is 0 Å². The van der Waals surface area contributed by atoms with Gasteiger partial charge in [-0.15, -0.1) is 0 Å². The second-order valence-electron chi connectivity index (χ2n) is 8.94. The lowest BCUT2D eigenvalue weighted by molar-refractivity contribution is -0.0140. The summed E-state index contributed by atoms with van der Waals surface area (Å²) in [5, 5.41) is 0. The Morgan fingerprint density at radius 2 is 0.966 bits per heavy atom. The van der Waals surface area contributed by atoms with Crippen molar-refractivity contribution in [3.63, 3.8) is 0 Å². The second kappa shape index (κ2) is 10.3. The molecular weight excluding hydrogens is 360 g/mol. The van der Waals surface area contributed by atoms with E-state index < -0.39 is 0 Å². The van der Waals surface area contributed by atoms with Gasteiger partial charge in [-0.1, -0.05) is 77.3 Å². The van der Waals surface area contributed by atoms with Crippen molar-refractivity contribution in [2.45, 2.75) is 27.7 Å². The summed E-state index contributed by atoms with van der Waals surface area (Å²) in [6, 6.07) is 15.9. The zero-order valence-corrected chi connectivity index (χ0v) is 18.2. The quantitative estimate of drug-likeness (QED) is 0.411. The fourth-order valence-corrected chi connectivity index (χ4v) is 2.64. The number of ether oxygens (including phenoxy) is 3. The van der Waals surface area contributed by atoms with Crippen molar-refractivity contribution in [2.24, 2.45) is 10.8 Å². The van der Waals surface area contributed by atoms with Crippen LogP contribution in [0.2, 0.25) is 0 Å². The maximum Gasteiger partial charge on any atom is 0.119 e. The molecule has 0 bridgehead atoms. The molecule has 0 unspecified atom stereocenters. The van der Waals surface area contributed by atoms with E-state index in [0.29, 0.717) is 26.4 Å². The van der Waals surface area contributed by atoms with Gasteiger partial charge in [0.1, 0.15) is 11.5 Å². The van der Waals surface area contributed by atoms with Crippen LogP contribution in [0.15, 0.2) is 61.7 Å². The molecule has 0 amide bonds. The normalized spacial score (nSPS) is 11.7. The maximum atomic E-state index is 6.03. The fourth-order valence-electron chi connectivity index (χ4n) is 2.64. The summed E-state index contributed by atoms with van der Waals surface area (Å²) in [6.45, 7) is 18.5. The molecule has 0 saturated carbocycles. The van der Waals surface area contributed by atoms with Crippen molar-refractivity contribution in [2.75, 3.05) is 26.4 Å². The smallest absolute Gasteiger partial charge is 0.119 e. The molecule has 0 aliphatic carbocycles. The number of benzene rings is 2. The van der Waals surface area contributed by atoms with Gasteiger partial charge >= 0.3 is 0 Å². The van der Waals surface area contributed by atoms with Crippen LogP contribution < -0.4 is 9.47 Å². The predicted octanol–water partition coefficient (Wildman–Crippen LogP) is 6.50. The maximum absolute atomic E-state index is 6.03. The van der Waals surface area contributed by atoms with Crippen molar-refractivity contribution < 1.29 is 14.2 Å². The van der Waals surface area contributed by atoms with E-state index >= 15 is 0 Å². The van der Waals surface area contributed by atoms with E-state index in [4.69, 9.17) is 14.2 Å². The van der Waals surface area contributed by atoms with E-state index in [2.05, 4.69) is 40.9 Å². The van der Waals surface area contributed by atoms with Crippen LogP contribution in [0.25, 0.3) is 12.2 Å². The SMILES string of the molecule is C=Cc1ccc(OCC(C)(C)COCC(C)(C)COc2ccc(C=C)cc2)cc1. The Labute approximate surface area is 176 Å². The monoisotopic (exact) mass is 394 g/mol. The molecule has 0 aromatic heterocycles. The Balaban J connectivity index is 1.73. The summed E-state index contributed by atoms with van der Waals surface area (Å²) in [7, 11) is 0. The minimum atomic E-state index is -0.0887. The van der Waals surface area contributed by atoms with Crippen LogP contribution in [0.1, 0.15) is 38.8 Å². The Morgan fingerprint density at radius 3 is 1.28 bits per heavy atom. The summed E-state index contributed by atoms with van der Waals surface area (Å²) in [6.07, 6.45) is 3.65. The highest BCUT2D eigenvalue weighted by atomic mass is 16.5. The third kappa shape index (κ3) is 8.16. The van der Waals surface area contributed by atoms with E-state index in [9.17, 15) is 0 Å². The highest BCUT2D eigenvalue weighted by Gasteiger charge is 2.24. The molecule has 0 spiro atoms. The molecule has 156 valence electrons. The molecule has 3 nitrogen and oxygen atoms in total. The highest BCUT2D eigenvalue weighted by molar-refractivity contribution is 5.48. The molecule has 2 aromatic rings. The van der Waals surface area contributed by atoms with E-state index in [1.54, 1.807) is 0 Å². The van der Waals surface area contributed by atoms with E-state index in [1.807, 2.05) is 60.7 Å². The molecule has 0 saturated heterocycles. The Hall–Kier alpha value is -2.52. The summed E-state index contributed by atoms with van der Waals surface area (Å²) in [5.41, 5.74) is 1.99. The van der Waals surface area contributed by atoms with Crippen molar-refractivity contribution in [1.29, 1.82) is 0 Å². The minimum absolute atomic E-state index is 0.0887. The molecule has 0 atom stereocenters. The van der Waals surface area contributed by atoms with Gasteiger partial charge in [0, 0.05) is 10.8 Å². The lowest BCUT2D eigenvalue weighted by atomic mass is 9.94. The molecule has 2 aromatic carbocycles. The van der Waals surface area contributed by atoms with Crippen LogP contribution in [0.4, 0.5) is 0 Å². The standard InChI is InChI=1S/C26H34O3/c1-7-21-9-13-23(14-10-21)28-19-25(3,4)17-27-18-26(5,6)20-29-24-15-11-22(8-2)12-16-24/h7-16H,1-2,17-20H2,3-6H3. The molecular formula is C26H34O3. The van der Waals surface area contributed by atoms with E-state index in [-0.39, 0.29) is 10.8 Å². The second-order valence-corrected chi connectivity index (χ2v) is 8.94. The molecule has 0 N–H and O–H groups in total. The van der Waals surface area contributed by atoms with Crippen LogP contribution in [0.5, 0.6) is 11.5 Å². The highest BCUT2D eigenvalue weighted by Crippen LogP contribution is 2.23. The third-order valence-electron chi connectivity index (χ3n) is 4.48. The van der Waals surface area contributed by atoms with Crippen molar-refractivity contribution in [3.05, 3.63) is 72.8 Å². The van der Waals surface area contributed by atoms with Gasteiger partial charge in [-0.3, -0.25) is 0 Å². The predicted molar refractivity (Wildman–Crippen MR) is 122 cm³/mol. The summed E-state index contributed by atoms with van der Waals surface area (Å²) in [5.74, 6) is 1.72. The average Bonchev–Trinajstić information content (AvgIpc) is 2.71. The van der Waals surface area contributed by atoms with Gasteiger partial charge in [-0.05, 0) is 35.4 Å². The van der Waals surface area contributed by atoms with Crippen LogP contribution in [-0.4, -0.2) is 26.4 Å². The third-order valence-corrected chi connectivity index (χ3v) is 4.48. The summed E-state index contributed by atoms with van der Waals surface area (Å²) < 4.78 is 17.9. The van der Waals surface area contributed by atoms with Crippen LogP contribution in [0.3, 0.4) is 0 Å².